The van der Waals surface area contributed by atoms with Crippen molar-refractivity contribution in [3.8, 4) is 0 Å². The molecule has 0 saturated carbocycles. The Hall–Kier alpha value is 0.986. The van der Waals surface area contributed by atoms with Crippen LogP contribution in [-0.4, -0.2) is 28.4 Å². The van der Waals surface area contributed by atoms with Gasteiger partial charge >= 0.3 is 0 Å². The smallest absolute Gasteiger partial charge is 0.00658 e. The van der Waals surface area contributed by atoms with Crippen LogP contribution in [0, 0.1) is 0 Å². The van der Waals surface area contributed by atoms with E-state index in [1.165, 1.54) is 0 Å². The third-order valence-corrected chi connectivity index (χ3v) is 0.771. The standard InChI is InChI=1S/C4H7Br.Mg/c1-2-3-4-5;/h2H,1,3-4H2;. The molecule has 0 atom stereocenters. The van der Waals surface area contributed by atoms with Crippen molar-refractivity contribution in [1.29, 1.82) is 0 Å². The van der Waals surface area contributed by atoms with Crippen LogP contribution in [0.25, 0.3) is 0 Å². The highest BCUT2D eigenvalue weighted by atomic mass is 79.9. The maximum Gasteiger partial charge on any atom is 0.00658 e. The summed E-state index contributed by atoms with van der Waals surface area (Å²) < 4.78 is 0. The van der Waals surface area contributed by atoms with E-state index in [-0.39, 0.29) is 23.1 Å². The Balaban J connectivity index is 0. The molecule has 0 rings (SSSR count). The molecule has 2 radical (unpaired) electrons. The van der Waals surface area contributed by atoms with E-state index < -0.39 is 0 Å². The summed E-state index contributed by atoms with van der Waals surface area (Å²) in [5.74, 6) is 0. The second-order valence-corrected chi connectivity index (χ2v) is 1.56. The van der Waals surface area contributed by atoms with Crippen molar-refractivity contribution >= 4 is 39.0 Å². The Bertz CT molecular complexity index is 28.7. The average molecular weight is 159 g/mol. The van der Waals surface area contributed by atoms with Crippen molar-refractivity contribution in [2.45, 2.75) is 6.42 Å². The van der Waals surface area contributed by atoms with E-state index in [4.69, 9.17) is 0 Å². The number of rotatable bonds is 2. The summed E-state index contributed by atoms with van der Waals surface area (Å²) in [5.41, 5.74) is 0. The molecule has 0 aliphatic carbocycles. The minimum absolute atomic E-state index is 0. The zero-order valence-electron chi connectivity index (χ0n) is 3.78. The molecule has 0 aliphatic rings. The van der Waals surface area contributed by atoms with Crippen LogP contribution in [0.1, 0.15) is 6.42 Å². The van der Waals surface area contributed by atoms with Gasteiger partial charge in [0.05, 0.1) is 0 Å². The molecule has 0 heterocycles. The average Bonchev–Trinajstić information content (AvgIpc) is 1.41. The van der Waals surface area contributed by atoms with Gasteiger partial charge in [-0.3, -0.25) is 0 Å². The van der Waals surface area contributed by atoms with Crippen LogP contribution >= 0.6 is 15.9 Å². The maximum absolute atomic E-state index is 3.52. The van der Waals surface area contributed by atoms with Crippen LogP contribution in [-0.2, 0) is 0 Å². The number of hydrogen-bond donors (Lipinski definition) is 0. The van der Waals surface area contributed by atoms with Gasteiger partial charge in [-0.25, -0.2) is 0 Å². The van der Waals surface area contributed by atoms with Gasteiger partial charge in [-0.2, -0.15) is 0 Å². The van der Waals surface area contributed by atoms with Gasteiger partial charge in [-0.05, 0) is 6.42 Å². The minimum Gasteiger partial charge on any atom is -0.103 e. The molecule has 0 amide bonds. The Morgan fingerprint density at radius 2 is 2.17 bits per heavy atom. The summed E-state index contributed by atoms with van der Waals surface area (Å²) >= 11 is 3.24. The molecule has 0 aromatic heterocycles. The predicted octanol–water partition coefficient (Wildman–Crippen LogP) is 1.58. The Morgan fingerprint density at radius 3 is 2.17 bits per heavy atom. The van der Waals surface area contributed by atoms with Gasteiger partial charge in [0.25, 0.3) is 0 Å². The molecule has 0 aliphatic heterocycles. The van der Waals surface area contributed by atoms with E-state index in [2.05, 4.69) is 22.5 Å². The van der Waals surface area contributed by atoms with Crippen molar-refractivity contribution in [2.75, 3.05) is 5.33 Å². The lowest BCUT2D eigenvalue weighted by molar-refractivity contribution is 1.27. The van der Waals surface area contributed by atoms with Crippen LogP contribution in [0.3, 0.4) is 0 Å². The summed E-state index contributed by atoms with van der Waals surface area (Å²) in [7, 11) is 0. The van der Waals surface area contributed by atoms with Gasteiger partial charge in [0, 0.05) is 28.4 Å². The second kappa shape index (κ2) is 9.37. The minimum atomic E-state index is 0. The molecule has 0 bridgehead atoms. The zero-order valence-corrected chi connectivity index (χ0v) is 6.78. The van der Waals surface area contributed by atoms with Crippen molar-refractivity contribution < 1.29 is 0 Å². The quantitative estimate of drug-likeness (QED) is 0.326. The number of halogens is 1. The fraction of sp³-hybridized carbons (Fsp3) is 0.500. The van der Waals surface area contributed by atoms with E-state index in [1.54, 1.807) is 0 Å². The summed E-state index contributed by atoms with van der Waals surface area (Å²) in [6.07, 6.45) is 2.95. The number of allylic oxidation sites excluding steroid dienone is 1. The normalized spacial score (nSPS) is 6.17. The molecule has 0 fully saturated rings. The molecule has 0 N–H and O–H groups in total. The monoisotopic (exact) mass is 158 g/mol. The molecule has 2 heteroatoms. The van der Waals surface area contributed by atoms with Crippen molar-refractivity contribution in [1.82, 2.24) is 0 Å². The molecule has 6 heavy (non-hydrogen) atoms. The second-order valence-electron chi connectivity index (χ2n) is 0.766. The van der Waals surface area contributed by atoms with Crippen LogP contribution in [0.4, 0.5) is 0 Å². The fourth-order valence-corrected chi connectivity index (χ4v) is 0.401. The van der Waals surface area contributed by atoms with E-state index in [0.29, 0.717) is 0 Å². The number of alkyl halides is 1. The van der Waals surface area contributed by atoms with Crippen molar-refractivity contribution in [3.63, 3.8) is 0 Å². The lowest BCUT2D eigenvalue weighted by Crippen LogP contribution is -1.58. The molecule has 0 unspecified atom stereocenters. The van der Waals surface area contributed by atoms with E-state index >= 15 is 0 Å². The Kier molecular flexibility index (Phi) is 15.7. The van der Waals surface area contributed by atoms with E-state index in [9.17, 15) is 0 Å². The van der Waals surface area contributed by atoms with Gasteiger partial charge in [-0.15, -0.1) is 6.58 Å². The fourth-order valence-electron chi connectivity index (χ4n) is 0.0772. The molecule has 0 aromatic rings. The molecular formula is C4H7BrMg. The Labute approximate surface area is 63.3 Å². The first-order valence-electron chi connectivity index (χ1n) is 1.58. The molecule has 32 valence electrons. The van der Waals surface area contributed by atoms with E-state index in [0.717, 1.165) is 11.8 Å². The first-order valence-corrected chi connectivity index (χ1v) is 2.71. The van der Waals surface area contributed by atoms with Gasteiger partial charge < -0.3 is 0 Å². The Morgan fingerprint density at radius 1 is 1.67 bits per heavy atom. The van der Waals surface area contributed by atoms with Crippen molar-refractivity contribution in [3.05, 3.63) is 12.7 Å². The highest BCUT2D eigenvalue weighted by Gasteiger charge is 1.63. The number of hydrogen-bond acceptors (Lipinski definition) is 0. The van der Waals surface area contributed by atoms with Crippen LogP contribution < -0.4 is 0 Å². The summed E-state index contributed by atoms with van der Waals surface area (Å²) in [5, 5.41) is 1.04. The van der Waals surface area contributed by atoms with Crippen molar-refractivity contribution in [2.24, 2.45) is 0 Å². The molecule has 0 nitrogen and oxygen atoms in total. The molecule has 0 aromatic carbocycles. The SMILES string of the molecule is C=CCCBr.[Mg]. The maximum atomic E-state index is 3.52. The van der Waals surface area contributed by atoms with Crippen LogP contribution in [0.2, 0.25) is 0 Å². The molecule has 0 spiro atoms. The third-order valence-electron chi connectivity index (χ3n) is 0.313. The largest absolute Gasteiger partial charge is 0.103 e. The van der Waals surface area contributed by atoms with Gasteiger partial charge in [0.15, 0.2) is 0 Å². The lowest BCUT2D eigenvalue weighted by atomic mass is 10.5. The predicted molar refractivity (Wildman–Crippen MR) is 34.4 cm³/mol. The summed E-state index contributed by atoms with van der Waals surface area (Å²) in [6.45, 7) is 3.52. The first-order chi connectivity index (χ1) is 2.41. The highest BCUT2D eigenvalue weighted by Crippen LogP contribution is 1.84. The third kappa shape index (κ3) is 8.88. The molecule has 0 saturated heterocycles. The topological polar surface area (TPSA) is 0 Å². The first kappa shape index (κ1) is 10.1. The lowest BCUT2D eigenvalue weighted by Gasteiger charge is -1.71. The summed E-state index contributed by atoms with van der Waals surface area (Å²) in [4.78, 5) is 0. The zero-order chi connectivity index (χ0) is 4.12. The van der Waals surface area contributed by atoms with Gasteiger partial charge in [-0.1, -0.05) is 22.0 Å². The highest BCUT2D eigenvalue weighted by molar-refractivity contribution is 9.09. The molecular weight excluding hydrogens is 152 g/mol. The van der Waals surface area contributed by atoms with E-state index in [1.807, 2.05) is 6.08 Å². The summed E-state index contributed by atoms with van der Waals surface area (Å²) in [6, 6.07) is 0. The van der Waals surface area contributed by atoms with Crippen LogP contribution in [0.5, 0.6) is 0 Å². The van der Waals surface area contributed by atoms with Gasteiger partial charge in [0.1, 0.15) is 0 Å². The van der Waals surface area contributed by atoms with Gasteiger partial charge in [0.2, 0.25) is 0 Å². The van der Waals surface area contributed by atoms with Crippen LogP contribution in [0.15, 0.2) is 12.7 Å².